The molecular formula is C30H44N2O3. The van der Waals surface area contributed by atoms with Gasteiger partial charge >= 0.3 is 12.0 Å². The van der Waals surface area contributed by atoms with Crippen molar-refractivity contribution in [2.75, 3.05) is 13.1 Å². The van der Waals surface area contributed by atoms with E-state index >= 15 is 0 Å². The second-order valence-corrected chi connectivity index (χ2v) is 11.8. The second-order valence-electron chi connectivity index (χ2n) is 11.8. The van der Waals surface area contributed by atoms with Crippen LogP contribution in [-0.2, 0) is 4.79 Å². The molecule has 5 unspecified atom stereocenters. The number of carbonyl (C=O) groups is 2. The van der Waals surface area contributed by atoms with E-state index in [0.29, 0.717) is 11.8 Å². The third-order valence-corrected chi connectivity index (χ3v) is 9.52. The van der Waals surface area contributed by atoms with Crippen LogP contribution in [0.3, 0.4) is 0 Å². The van der Waals surface area contributed by atoms with Gasteiger partial charge in [0.15, 0.2) is 0 Å². The average Bonchev–Trinajstić information content (AvgIpc) is 3.06. The number of hydrogen-bond donors (Lipinski definition) is 2. The predicted octanol–water partition coefficient (Wildman–Crippen LogP) is 6.16. The van der Waals surface area contributed by atoms with Crippen molar-refractivity contribution in [1.82, 2.24) is 10.2 Å². The maximum absolute atomic E-state index is 13.4. The first kappa shape index (κ1) is 25.9. The van der Waals surface area contributed by atoms with E-state index < -0.39 is 5.97 Å². The maximum atomic E-state index is 13.4. The van der Waals surface area contributed by atoms with Crippen molar-refractivity contribution >= 4 is 12.0 Å². The summed E-state index contributed by atoms with van der Waals surface area (Å²) in [7, 11) is 0. The quantitative estimate of drug-likeness (QED) is 0.353. The molecule has 5 atom stereocenters. The highest BCUT2D eigenvalue weighted by Crippen LogP contribution is 2.55. The fraction of sp³-hybridized carbons (Fsp3) is 0.733. The Morgan fingerprint density at radius 3 is 2.74 bits per heavy atom. The number of carboxylic acid groups (broad SMARTS) is 1. The normalized spacial score (nSPS) is 30.4. The van der Waals surface area contributed by atoms with Crippen LogP contribution in [0.2, 0.25) is 0 Å². The molecule has 1 aliphatic heterocycles. The molecule has 0 bridgehead atoms. The van der Waals surface area contributed by atoms with Gasteiger partial charge < -0.3 is 15.3 Å². The predicted molar refractivity (Wildman–Crippen MR) is 140 cm³/mol. The number of aliphatic carboxylic acids is 1. The number of rotatable bonds is 6. The summed E-state index contributed by atoms with van der Waals surface area (Å²) in [5, 5.41) is 13.0. The Morgan fingerprint density at radius 2 is 2.06 bits per heavy atom. The minimum atomic E-state index is -0.721. The number of carboxylic acids is 1. The molecule has 0 aromatic rings. The molecule has 1 saturated heterocycles. The monoisotopic (exact) mass is 480 g/mol. The molecule has 0 aromatic heterocycles. The van der Waals surface area contributed by atoms with E-state index in [0.717, 1.165) is 57.5 Å². The summed E-state index contributed by atoms with van der Waals surface area (Å²) in [4.78, 5) is 27.1. The Kier molecular flexibility index (Phi) is 8.30. The van der Waals surface area contributed by atoms with Gasteiger partial charge in [-0.3, -0.25) is 4.79 Å². The van der Waals surface area contributed by atoms with Crippen molar-refractivity contribution in [3.05, 3.63) is 23.3 Å². The van der Waals surface area contributed by atoms with Crippen molar-refractivity contribution in [1.29, 1.82) is 0 Å². The van der Waals surface area contributed by atoms with Crippen molar-refractivity contribution < 1.29 is 14.7 Å². The first-order valence-electron chi connectivity index (χ1n) is 14.0. The van der Waals surface area contributed by atoms with Gasteiger partial charge in [-0.15, -0.1) is 0 Å². The maximum Gasteiger partial charge on any atom is 0.317 e. The van der Waals surface area contributed by atoms with Crippen molar-refractivity contribution in [3.8, 4) is 11.8 Å². The largest absolute Gasteiger partial charge is 0.481 e. The smallest absolute Gasteiger partial charge is 0.317 e. The zero-order valence-electron chi connectivity index (χ0n) is 21.9. The summed E-state index contributed by atoms with van der Waals surface area (Å²) in [6.07, 6.45) is 14.5. The summed E-state index contributed by atoms with van der Waals surface area (Å²) in [6.45, 7) is 8.34. The van der Waals surface area contributed by atoms with E-state index in [1.807, 2.05) is 11.0 Å². The van der Waals surface area contributed by atoms with Crippen molar-refractivity contribution in [2.24, 2.45) is 29.1 Å². The molecule has 35 heavy (non-hydrogen) atoms. The highest BCUT2D eigenvalue weighted by Gasteiger charge is 2.47. The van der Waals surface area contributed by atoms with Crippen molar-refractivity contribution in [2.45, 2.75) is 97.4 Å². The summed E-state index contributed by atoms with van der Waals surface area (Å²) < 4.78 is 0. The molecule has 3 aliphatic carbocycles. The lowest BCUT2D eigenvalue weighted by molar-refractivity contribution is -0.137. The zero-order valence-corrected chi connectivity index (χ0v) is 21.9. The standard InChI is InChI=1S/C30H44N2O3/c1-4-22(3)28(23-11-9-10-21(2)18-23)31-29(35)32-16-14-30(15-17-32)20-24(19-27(33)34)25-12-7-5-6-8-13-26(25)30/h5,7,21-24,28H,4,9-20H2,1-3H3,(H,31,35)(H,33,34)/b7-5-. The zero-order chi connectivity index (χ0) is 25.0. The third kappa shape index (κ3) is 5.79. The Bertz CT molecular complexity index is 916. The lowest BCUT2D eigenvalue weighted by atomic mass is 9.71. The van der Waals surface area contributed by atoms with Gasteiger partial charge in [-0.25, -0.2) is 4.79 Å². The molecule has 2 amide bonds. The topological polar surface area (TPSA) is 69.6 Å². The number of hydrogen-bond acceptors (Lipinski definition) is 2. The lowest BCUT2D eigenvalue weighted by Crippen LogP contribution is -2.53. The second kappa shape index (κ2) is 11.2. The molecule has 4 aliphatic rings. The number of likely N-dealkylation sites (tertiary alicyclic amines) is 1. The minimum Gasteiger partial charge on any atom is -0.481 e. The van der Waals surface area contributed by atoms with Crippen molar-refractivity contribution in [3.63, 3.8) is 0 Å². The van der Waals surface area contributed by atoms with E-state index in [-0.39, 0.29) is 29.8 Å². The first-order chi connectivity index (χ1) is 16.8. The number of piperidine rings is 1. The van der Waals surface area contributed by atoms with E-state index in [4.69, 9.17) is 0 Å². The number of nitrogens with zero attached hydrogens (tertiary/aromatic N) is 1. The van der Waals surface area contributed by atoms with Gasteiger partial charge in [-0.05, 0) is 73.7 Å². The molecule has 5 heteroatoms. The summed E-state index contributed by atoms with van der Waals surface area (Å²) >= 11 is 0. The van der Waals surface area contributed by atoms with E-state index in [9.17, 15) is 14.7 Å². The number of urea groups is 1. The van der Waals surface area contributed by atoms with Crippen LogP contribution in [0.1, 0.15) is 91.4 Å². The van der Waals surface area contributed by atoms with Crippen LogP contribution in [0, 0.1) is 40.9 Å². The number of allylic oxidation sites excluding steroid dienone is 4. The average molecular weight is 481 g/mol. The summed E-state index contributed by atoms with van der Waals surface area (Å²) in [6, 6.07) is 0.345. The SMILES string of the molecule is CCC(C)C(NC(=O)N1CCC2(CC1)CC(CC(=O)O)C1=C2CC#C/C=C\C1)C1CCCC(C)C1. The molecule has 1 saturated carbocycles. The van der Waals surface area contributed by atoms with Gasteiger partial charge in [0.25, 0.3) is 0 Å². The molecule has 4 rings (SSSR count). The first-order valence-corrected chi connectivity index (χ1v) is 14.0. The van der Waals surface area contributed by atoms with Crippen LogP contribution in [0.25, 0.3) is 0 Å². The number of carbonyl (C=O) groups excluding carboxylic acids is 1. The molecular weight excluding hydrogens is 436 g/mol. The number of fused-ring (bicyclic) bond motifs is 1. The van der Waals surface area contributed by atoms with Crippen LogP contribution in [0.15, 0.2) is 23.3 Å². The lowest BCUT2D eigenvalue weighted by Gasteiger charge is -2.43. The van der Waals surface area contributed by atoms with Gasteiger partial charge in [-0.2, -0.15) is 0 Å². The van der Waals surface area contributed by atoms with Gasteiger partial charge in [-0.1, -0.05) is 69.1 Å². The number of nitrogens with one attached hydrogen (secondary N) is 1. The van der Waals surface area contributed by atoms with Gasteiger partial charge in [0.05, 0.1) is 6.42 Å². The van der Waals surface area contributed by atoms with Gasteiger partial charge in [0, 0.05) is 25.6 Å². The van der Waals surface area contributed by atoms with Crippen LogP contribution in [0.5, 0.6) is 0 Å². The van der Waals surface area contributed by atoms with Gasteiger partial charge in [0.1, 0.15) is 0 Å². The molecule has 0 radical (unpaired) electrons. The molecule has 0 aromatic carbocycles. The Hall–Kier alpha value is -2.22. The fourth-order valence-corrected chi connectivity index (χ4v) is 7.41. The van der Waals surface area contributed by atoms with Crippen LogP contribution < -0.4 is 5.32 Å². The summed E-state index contributed by atoms with van der Waals surface area (Å²) in [5.74, 6) is 7.58. The molecule has 192 valence electrons. The number of amides is 2. The fourth-order valence-electron chi connectivity index (χ4n) is 7.41. The highest BCUT2D eigenvalue weighted by atomic mass is 16.4. The van der Waals surface area contributed by atoms with Crippen LogP contribution in [0.4, 0.5) is 4.79 Å². The summed E-state index contributed by atoms with van der Waals surface area (Å²) in [5.41, 5.74) is 2.69. The third-order valence-electron chi connectivity index (χ3n) is 9.52. The molecule has 5 nitrogen and oxygen atoms in total. The van der Waals surface area contributed by atoms with E-state index in [1.165, 1.54) is 36.8 Å². The Balaban J connectivity index is 1.44. The highest BCUT2D eigenvalue weighted by molar-refractivity contribution is 5.75. The minimum absolute atomic E-state index is 0.000996. The van der Waals surface area contributed by atoms with Crippen LogP contribution >= 0.6 is 0 Å². The van der Waals surface area contributed by atoms with Gasteiger partial charge in [0.2, 0.25) is 0 Å². The van der Waals surface area contributed by atoms with Crippen LogP contribution in [-0.4, -0.2) is 41.1 Å². The molecule has 1 spiro atoms. The molecule has 2 fully saturated rings. The molecule has 2 N–H and O–H groups in total. The molecule has 1 heterocycles. The Morgan fingerprint density at radius 1 is 1.29 bits per heavy atom. The van der Waals surface area contributed by atoms with E-state index in [1.54, 1.807) is 0 Å². The van der Waals surface area contributed by atoms with E-state index in [2.05, 4.69) is 44.0 Å². The Labute approximate surface area is 211 Å².